The van der Waals surface area contributed by atoms with E-state index in [9.17, 15) is 14.4 Å². The number of nitrogens with one attached hydrogen (secondary N) is 1. The van der Waals surface area contributed by atoms with E-state index in [2.05, 4.69) is 27.9 Å². The van der Waals surface area contributed by atoms with Crippen molar-refractivity contribution < 1.29 is 19.1 Å². The molecule has 1 aliphatic heterocycles. The molecule has 172 valence electrons. The second-order valence-corrected chi connectivity index (χ2v) is 9.93. The number of halogens is 2. The van der Waals surface area contributed by atoms with Crippen LogP contribution in [-0.2, 0) is 16.1 Å². The maximum atomic E-state index is 12.8. The summed E-state index contributed by atoms with van der Waals surface area (Å²) in [5.41, 5.74) is 2.20. The number of imide groups is 1. The highest BCUT2D eigenvalue weighted by Crippen LogP contribution is 2.34. The van der Waals surface area contributed by atoms with Crippen LogP contribution in [0.4, 0.5) is 10.5 Å². The zero-order valence-electron chi connectivity index (χ0n) is 17.7. The van der Waals surface area contributed by atoms with Crippen molar-refractivity contribution in [3.8, 4) is 5.75 Å². The normalized spacial score (nSPS) is 14.5. The zero-order valence-corrected chi connectivity index (χ0v) is 21.4. The van der Waals surface area contributed by atoms with Crippen molar-refractivity contribution in [2.45, 2.75) is 6.54 Å². The standard InChI is InChI=1S/C25H18ClIN2O4S/c26-20-12-17(8-11-21(20)33-15-23(30)28-19-4-2-1-3-5-19)13-22-24(31)29(25(32)34-22)14-16-6-9-18(27)10-7-16/h1-13H,14-15H2,(H,28,30)/b22-13-. The molecule has 1 fully saturated rings. The van der Waals surface area contributed by atoms with E-state index in [0.717, 1.165) is 20.9 Å². The van der Waals surface area contributed by atoms with Gasteiger partial charge in [-0.15, -0.1) is 0 Å². The average molecular weight is 605 g/mol. The van der Waals surface area contributed by atoms with Gasteiger partial charge in [-0.2, -0.15) is 0 Å². The molecule has 0 radical (unpaired) electrons. The Morgan fingerprint density at radius 3 is 2.50 bits per heavy atom. The molecule has 3 aromatic rings. The summed E-state index contributed by atoms with van der Waals surface area (Å²) in [7, 11) is 0. The van der Waals surface area contributed by atoms with Crippen LogP contribution in [0.2, 0.25) is 5.02 Å². The maximum Gasteiger partial charge on any atom is 0.293 e. The Balaban J connectivity index is 1.38. The first-order valence-electron chi connectivity index (χ1n) is 10.2. The van der Waals surface area contributed by atoms with E-state index < -0.39 is 0 Å². The summed E-state index contributed by atoms with van der Waals surface area (Å²) >= 11 is 9.41. The third-order valence-electron chi connectivity index (χ3n) is 4.80. The van der Waals surface area contributed by atoms with Gasteiger partial charge in [0.05, 0.1) is 16.5 Å². The van der Waals surface area contributed by atoms with Crippen LogP contribution in [0.1, 0.15) is 11.1 Å². The summed E-state index contributed by atoms with van der Waals surface area (Å²) in [6.45, 7) is 0.0168. The Morgan fingerprint density at radius 2 is 1.79 bits per heavy atom. The fourth-order valence-electron chi connectivity index (χ4n) is 3.15. The van der Waals surface area contributed by atoms with Crippen molar-refractivity contribution in [2.75, 3.05) is 11.9 Å². The molecule has 3 amide bonds. The number of amides is 3. The molecule has 34 heavy (non-hydrogen) atoms. The molecule has 9 heteroatoms. The second kappa shape index (κ2) is 11.1. The lowest BCUT2D eigenvalue weighted by Crippen LogP contribution is -2.27. The third kappa shape index (κ3) is 6.19. The van der Waals surface area contributed by atoms with Gasteiger partial charge in [0.1, 0.15) is 5.75 Å². The van der Waals surface area contributed by atoms with Gasteiger partial charge in [-0.25, -0.2) is 0 Å². The summed E-state index contributed by atoms with van der Waals surface area (Å²) in [6.07, 6.45) is 1.62. The molecule has 0 aliphatic carbocycles. The van der Waals surface area contributed by atoms with Crippen molar-refractivity contribution in [1.82, 2.24) is 4.90 Å². The fourth-order valence-corrected chi connectivity index (χ4v) is 4.59. The highest BCUT2D eigenvalue weighted by atomic mass is 127. The van der Waals surface area contributed by atoms with Crippen LogP contribution in [0.25, 0.3) is 6.08 Å². The van der Waals surface area contributed by atoms with Gasteiger partial charge in [-0.1, -0.05) is 48.0 Å². The number of anilines is 1. The monoisotopic (exact) mass is 604 g/mol. The van der Waals surface area contributed by atoms with Crippen LogP contribution >= 0.6 is 46.0 Å². The smallest absolute Gasteiger partial charge is 0.293 e. The lowest BCUT2D eigenvalue weighted by molar-refractivity contribution is -0.123. The Bertz CT molecular complexity index is 1270. The van der Waals surface area contributed by atoms with Gasteiger partial charge in [-0.3, -0.25) is 19.3 Å². The van der Waals surface area contributed by atoms with E-state index >= 15 is 0 Å². The number of rotatable bonds is 7. The van der Waals surface area contributed by atoms with Crippen molar-refractivity contribution in [1.29, 1.82) is 0 Å². The molecule has 1 N–H and O–H groups in total. The van der Waals surface area contributed by atoms with Crippen molar-refractivity contribution in [3.05, 3.63) is 97.4 Å². The van der Waals surface area contributed by atoms with E-state index in [1.807, 2.05) is 42.5 Å². The van der Waals surface area contributed by atoms with Gasteiger partial charge in [0.25, 0.3) is 17.1 Å². The Labute approximate surface area is 219 Å². The first-order chi connectivity index (χ1) is 16.4. The van der Waals surface area contributed by atoms with Gasteiger partial charge in [0, 0.05) is 9.26 Å². The number of carbonyl (C=O) groups is 3. The minimum atomic E-state index is -0.345. The summed E-state index contributed by atoms with van der Waals surface area (Å²) in [6, 6.07) is 21.7. The first-order valence-corrected chi connectivity index (χ1v) is 12.4. The highest BCUT2D eigenvalue weighted by Gasteiger charge is 2.35. The molecule has 0 aromatic heterocycles. The molecule has 6 nitrogen and oxygen atoms in total. The summed E-state index contributed by atoms with van der Waals surface area (Å²) in [4.78, 5) is 38.8. The molecule has 1 heterocycles. The van der Waals surface area contributed by atoms with Gasteiger partial charge >= 0.3 is 0 Å². The lowest BCUT2D eigenvalue weighted by atomic mass is 10.2. The lowest BCUT2D eigenvalue weighted by Gasteiger charge is -2.12. The maximum absolute atomic E-state index is 12.8. The van der Waals surface area contributed by atoms with E-state index in [-0.39, 0.29) is 30.2 Å². The number of hydrogen-bond donors (Lipinski definition) is 1. The predicted molar refractivity (Wildman–Crippen MR) is 143 cm³/mol. The Hall–Kier alpha value is -2.82. The minimum absolute atomic E-state index is 0.203. The topological polar surface area (TPSA) is 75.7 Å². The number of nitrogens with zero attached hydrogens (tertiary/aromatic N) is 1. The number of thioether (sulfide) groups is 1. The number of carbonyl (C=O) groups excluding carboxylic acids is 3. The fraction of sp³-hybridized carbons (Fsp3) is 0.0800. The van der Waals surface area contributed by atoms with Gasteiger partial charge in [0.15, 0.2) is 6.61 Å². The largest absolute Gasteiger partial charge is 0.482 e. The average Bonchev–Trinajstić information content (AvgIpc) is 3.08. The summed E-state index contributed by atoms with van der Waals surface area (Å²) < 4.78 is 6.61. The van der Waals surface area contributed by atoms with Gasteiger partial charge in [-0.05, 0) is 88.0 Å². The molecule has 1 saturated heterocycles. The van der Waals surface area contributed by atoms with Crippen molar-refractivity contribution in [3.63, 3.8) is 0 Å². The molecular weight excluding hydrogens is 587 g/mol. The highest BCUT2D eigenvalue weighted by molar-refractivity contribution is 14.1. The zero-order chi connectivity index (χ0) is 24.1. The quantitative estimate of drug-likeness (QED) is 0.257. The molecule has 0 saturated carbocycles. The van der Waals surface area contributed by atoms with Crippen LogP contribution in [-0.4, -0.2) is 28.6 Å². The van der Waals surface area contributed by atoms with Crippen molar-refractivity contribution in [2.24, 2.45) is 0 Å². The van der Waals surface area contributed by atoms with E-state index in [4.69, 9.17) is 16.3 Å². The molecule has 1 aliphatic rings. The van der Waals surface area contributed by atoms with Crippen LogP contribution in [0.5, 0.6) is 5.75 Å². The molecule has 0 unspecified atom stereocenters. The SMILES string of the molecule is O=C(COc1ccc(/C=C2\SC(=O)N(Cc3ccc(I)cc3)C2=O)cc1Cl)Nc1ccccc1. The van der Waals surface area contributed by atoms with Crippen LogP contribution in [0.3, 0.4) is 0 Å². The number of hydrogen-bond acceptors (Lipinski definition) is 5. The molecule has 0 spiro atoms. The molecule has 0 bridgehead atoms. The molecule has 0 atom stereocenters. The summed E-state index contributed by atoms with van der Waals surface area (Å²) in [5, 5.41) is 2.71. The second-order valence-electron chi connectivity index (χ2n) is 7.29. The van der Waals surface area contributed by atoms with Crippen LogP contribution < -0.4 is 10.1 Å². The van der Waals surface area contributed by atoms with Crippen LogP contribution in [0.15, 0.2) is 77.7 Å². The van der Waals surface area contributed by atoms with Gasteiger partial charge in [0.2, 0.25) is 0 Å². The first kappa shape index (κ1) is 24.3. The predicted octanol–water partition coefficient (Wildman–Crippen LogP) is 6.20. The number of ether oxygens (including phenoxy) is 1. The minimum Gasteiger partial charge on any atom is -0.482 e. The number of para-hydroxylation sites is 1. The Morgan fingerprint density at radius 1 is 1.06 bits per heavy atom. The molecular formula is C25H18ClIN2O4S. The summed E-state index contributed by atoms with van der Waals surface area (Å²) in [5.74, 6) is -0.315. The van der Waals surface area contributed by atoms with Crippen molar-refractivity contribution >= 4 is 74.8 Å². The third-order valence-corrected chi connectivity index (χ3v) is 6.72. The van der Waals surface area contributed by atoms with E-state index in [0.29, 0.717) is 26.9 Å². The van der Waals surface area contributed by atoms with E-state index in [1.54, 1.807) is 36.4 Å². The molecule has 3 aromatic carbocycles. The Kier molecular flexibility index (Phi) is 7.91. The molecule has 4 rings (SSSR count). The number of benzene rings is 3. The van der Waals surface area contributed by atoms with Crippen LogP contribution in [0, 0.1) is 3.57 Å². The van der Waals surface area contributed by atoms with E-state index in [1.165, 1.54) is 4.90 Å². The van der Waals surface area contributed by atoms with Gasteiger partial charge < -0.3 is 10.1 Å².